The van der Waals surface area contributed by atoms with Gasteiger partial charge in [0.1, 0.15) is 5.65 Å². The summed E-state index contributed by atoms with van der Waals surface area (Å²) in [5.41, 5.74) is 6.06. The lowest BCUT2D eigenvalue weighted by atomic mass is 9.81. The van der Waals surface area contributed by atoms with Crippen molar-refractivity contribution in [3.63, 3.8) is 0 Å². The number of aryl methyl sites for hydroxylation is 2. The second-order valence-electron chi connectivity index (χ2n) is 11.2. The zero-order chi connectivity index (χ0) is 26.6. The normalized spacial score (nSPS) is 18.6. The molecule has 1 saturated heterocycles. The molecule has 4 aromatic rings. The van der Waals surface area contributed by atoms with Crippen molar-refractivity contribution in [2.75, 3.05) is 30.8 Å². The smallest absolute Gasteiger partial charge is 0.257 e. The summed E-state index contributed by atoms with van der Waals surface area (Å²) >= 11 is 0. The Kier molecular flexibility index (Phi) is 5.79. The van der Waals surface area contributed by atoms with Crippen LogP contribution < -0.4 is 10.6 Å². The second kappa shape index (κ2) is 9.05. The highest BCUT2D eigenvalue weighted by molar-refractivity contribution is 6.06. The molecule has 0 radical (unpaired) electrons. The monoisotopic (exact) mass is 512 g/mol. The number of likely N-dealkylation sites (tertiary alicyclic amines) is 1. The van der Waals surface area contributed by atoms with Crippen LogP contribution in [-0.2, 0) is 17.8 Å². The van der Waals surface area contributed by atoms with Crippen molar-refractivity contribution in [1.82, 2.24) is 29.6 Å². The average Bonchev–Trinajstić information content (AvgIpc) is 3.63. The van der Waals surface area contributed by atoms with E-state index in [1.54, 1.807) is 18.5 Å². The first kappa shape index (κ1) is 24.3. The Bertz CT molecular complexity index is 1570. The molecule has 0 saturated carbocycles. The Balaban J connectivity index is 1.19. The molecule has 6 heterocycles. The predicted molar refractivity (Wildman–Crippen MR) is 146 cm³/mol. The molecule has 0 aliphatic carbocycles. The maximum atomic E-state index is 13.2. The standard InChI is InChI=1S/C28H32N8O2/c1-16-22(10-19(12-29-16)32-27(38)21-14-35(4)15-28(21,2)3)34-26(37)18-8-17-9-23(33-25(17)30-11-18)20-13-31-36-7-5-6-24(20)36/h8-13,21H,5-7,14-15H2,1-4H3,(H,30,33)(H,32,38)(H,34,37). The highest BCUT2D eigenvalue weighted by Crippen LogP contribution is 2.35. The summed E-state index contributed by atoms with van der Waals surface area (Å²) in [5.74, 6) is -0.454. The fourth-order valence-electron chi connectivity index (χ4n) is 5.79. The summed E-state index contributed by atoms with van der Waals surface area (Å²) in [6.07, 6.45) is 7.19. The number of anilines is 2. The molecule has 196 valence electrons. The molecule has 3 N–H and O–H groups in total. The van der Waals surface area contributed by atoms with E-state index in [0.717, 1.165) is 48.2 Å². The number of fused-ring (bicyclic) bond motifs is 2. The Labute approximate surface area is 220 Å². The summed E-state index contributed by atoms with van der Waals surface area (Å²) in [4.78, 5) is 40.6. The van der Waals surface area contributed by atoms with E-state index < -0.39 is 0 Å². The van der Waals surface area contributed by atoms with Crippen molar-refractivity contribution in [3.05, 3.63) is 53.7 Å². The number of H-pyrrole nitrogens is 1. The number of carbonyl (C=O) groups excluding carboxylic acids is 2. The zero-order valence-corrected chi connectivity index (χ0v) is 22.1. The third-order valence-corrected chi connectivity index (χ3v) is 7.79. The first-order chi connectivity index (χ1) is 18.2. The molecule has 1 unspecified atom stereocenters. The topological polar surface area (TPSA) is 121 Å². The first-order valence-corrected chi connectivity index (χ1v) is 13.0. The van der Waals surface area contributed by atoms with E-state index in [4.69, 9.17) is 0 Å². The van der Waals surface area contributed by atoms with E-state index >= 15 is 0 Å². The minimum absolute atomic E-state index is 0.0377. The minimum atomic E-state index is -0.291. The van der Waals surface area contributed by atoms with Gasteiger partial charge in [0.15, 0.2) is 0 Å². The van der Waals surface area contributed by atoms with Gasteiger partial charge in [0.25, 0.3) is 5.91 Å². The number of aromatic nitrogens is 5. The molecule has 6 rings (SSSR count). The van der Waals surface area contributed by atoms with Crippen molar-refractivity contribution in [2.24, 2.45) is 11.3 Å². The van der Waals surface area contributed by atoms with E-state index in [0.29, 0.717) is 29.2 Å². The summed E-state index contributed by atoms with van der Waals surface area (Å²) < 4.78 is 2.05. The Morgan fingerprint density at radius 3 is 2.74 bits per heavy atom. The van der Waals surface area contributed by atoms with Crippen molar-refractivity contribution >= 4 is 34.2 Å². The van der Waals surface area contributed by atoms with Gasteiger partial charge in [-0.2, -0.15) is 5.10 Å². The van der Waals surface area contributed by atoms with Crippen LogP contribution in [0.25, 0.3) is 22.3 Å². The number of nitrogens with zero attached hydrogens (tertiary/aromatic N) is 5. The van der Waals surface area contributed by atoms with Crippen LogP contribution in [0.2, 0.25) is 0 Å². The van der Waals surface area contributed by atoms with Crippen LogP contribution >= 0.6 is 0 Å². The van der Waals surface area contributed by atoms with Gasteiger partial charge < -0.3 is 20.5 Å². The van der Waals surface area contributed by atoms with Crippen LogP contribution in [-0.4, -0.2) is 61.6 Å². The number of pyridine rings is 2. The van der Waals surface area contributed by atoms with Gasteiger partial charge in [0, 0.05) is 42.5 Å². The van der Waals surface area contributed by atoms with E-state index in [1.807, 2.05) is 37.0 Å². The van der Waals surface area contributed by atoms with Crippen LogP contribution in [0.15, 0.2) is 36.8 Å². The van der Waals surface area contributed by atoms with E-state index in [9.17, 15) is 9.59 Å². The van der Waals surface area contributed by atoms with Gasteiger partial charge >= 0.3 is 0 Å². The van der Waals surface area contributed by atoms with Crippen molar-refractivity contribution in [3.8, 4) is 11.3 Å². The van der Waals surface area contributed by atoms with Crippen LogP contribution in [0.5, 0.6) is 0 Å². The molecule has 1 fully saturated rings. The van der Waals surface area contributed by atoms with Gasteiger partial charge in [0.05, 0.1) is 46.6 Å². The minimum Gasteiger partial charge on any atom is -0.339 e. The number of hydrogen-bond acceptors (Lipinski definition) is 6. The van der Waals surface area contributed by atoms with Gasteiger partial charge in [0.2, 0.25) is 5.91 Å². The average molecular weight is 513 g/mol. The summed E-state index contributed by atoms with van der Waals surface area (Å²) in [7, 11) is 2.03. The fourth-order valence-corrected chi connectivity index (χ4v) is 5.79. The van der Waals surface area contributed by atoms with Gasteiger partial charge in [-0.15, -0.1) is 0 Å². The van der Waals surface area contributed by atoms with Gasteiger partial charge in [-0.25, -0.2) is 4.98 Å². The molecule has 1 atom stereocenters. The molecule has 0 spiro atoms. The molecule has 0 aromatic carbocycles. The van der Waals surface area contributed by atoms with Crippen LogP contribution in [0.1, 0.15) is 42.0 Å². The quantitative estimate of drug-likeness (QED) is 0.374. The van der Waals surface area contributed by atoms with Crippen molar-refractivity contribution in [2.45, 2.75) is 40.2 Å². The predicted octanol–water partition coefficient (Wildman–Crippen LogP) is 3.85. The molecule has 2 aliphatic rings. The maximum Gasteiger partial charge on any atom is 0.257 e. The number of aromatic amines is 1. The highest BCUT2D eigenvalue weighted by Gasteiger charge is 2.42. The molecular formula is C28H32N8O2. The van der Waals surface area contributed by atoms with Crippen LogP contribution in [0.3, 0.4) is 0 Å². The molecule has 4 aromatic heterocycles. The maximum absolute atomic E-state index is 13.2. The number of carbonyl (C=O) groups is 2. The zero-order valence-electron chi connectivity index (χ0n) is 22.1. The van der Waals surface area contributed by atoms with E-state index in [2.05, 4.69) is 49.4 Å². The van der Waals surface area contributed by atoms with Crippen molar-refractivity contribution in [1.29, 1.82) is 0 Å². The third-order valence-electron chi connectivity index (χ3n) is 7.79. The Morgan fingerprint density at radius 2 is 1.95 bits per heavy atom. The summed E-state index contributed by atoms with van der Waals surface area (Å²) in [6.45, 7) is 8.57. The molecule has 2 aliphatic heterocycles. The lowest BCUT2D eigenvalue weighted by molar-refractivity contribution is -0.121. The molecule has 0 bridgehead atoms. The van der Waals surface area contributed by atoms with E-state index in [-0.39, 0.29) is 23.1 Å². The first-order valence-electron chi connectivity index (χ1n) is 13.0. The lowest BCUT2D eigenvalue weighted by Crippen LogP contribution is -2.33. The largest absolute Gasteiger partial charge is 0.339 e. The number of nitrogens with one attached hydrogen (secondary N) is 3. The molecule has 10 nitrogen and oxygen atoms in total. The SMILES string of the molecule is Cc1ncc(NC(=O)C2CN(C)CC2(C)C)cc1NC(=O)c1cnc2[nH]c(-c3cnn4c3CCC4)cc2c1. The Morgan fingerprint density at radius 1 is 1.11 bits per heavy atom. The van der Waals surface area contributed by atoms with Gasteiger partial charge in [-0.3, -0.25) is 19.3 Å². The molecule has 38 heavy (non-hydrogen) atoms. The van der Waals surface area contributed by atoms with E-state index in [1.165, 1.54) is 5.69 Å². The van der Waals surface area contributed by atoms with Gasteiger partial charge in [-0.1, -0.05) is 13.8 Å². The van der Waals surface area contributed by atoms with Crippen molar-refractivity contribution < 1.29 is 9.59 Å². The summed E-state index contributed by atoms with van der Waals surface area (Å²) in [5, 5.41) is 11.3. The second-order valence-corrected chi connectivity index (χ2v) is 11.2. The lowest BCUT2D eigenvalue weighted by Gasteiger charge is -2.24. The number of hydrogen-bond donors (Lipinski definition) is 3. The summed E-state index contributed by atoms with van der Waals surface area (Å²) in [6, 6.07) is 5.60. The third kappa shape index (κ3) is 4.34. The molecule has 2 amide bonds. The highest BCUT2D eigenvalue weighted by atomic mass is 16.2. The van der Waals surface area contributed by atoms with Crippen LogP contribution in [0, 0.1) is 18.3 Å². The fraction of sp³-hybridized carbons (Fsp3) is 0.393. The van der Waals surface area contributed by atoms with Gasteiger partial charge in [-0.05, 0) is 50.4 Å². The number of rotatable bonds is 5. The number of amides is 2. The Hall–Kier alpha value is -4.05. The molecular weight excluding hydrogens is 480 g/mol. The molecule has 10 heteroatoms. The van der Waals surface area contributed by atoms with Crippen LogP contribution in [0.4, 0.5) is 11.4 Å².